The Bertz CT molecular complexity index is 263. The van der Waals surface area contributed by atoms with Crippen LogP contribution in [0, 0.1) is 5.92 Å². The Morgan fingerprint density at radius 2 is 2.17 bits per heavy atom. The summed E-state index contributed by atoms with van der Waals surface area (Å²) in [6.45, 7) is 0. The molecule has 0 spiro atoms. The van der Waals surface area contributed by atoms with Crippen molar-refractivity contribution in [2.45, 2.75) is 6.23 Å². The molecule has 0 bridgehead atoms. The topological polar surface area (TPSA) is 12.5 Å². The molecule has 0 aromatic rings. The van der Waals surface area contributed by atoms with Gasteiger partial charge < -0.3 is 4.74 Å². The Balaban J connectivity index is 2.19. The van der Waals surface area contributed by atoms with Crippen LogP contribution in [0.25, 0.3) is 0 Å². The minimum atomic E-state index is 0.182. The van der Waals surface area contributed by atoms with Gasteiger partial charge in [0.25, 0.3) is 0 Å². The van der Waals surface area contributed by atoms with Crippen molar-refractivity contribution in [3.8, 4) is 0 Å². The van der Waals surface area contributed by atoms with Crippen LogP contribution in [0.4, 0.5) is 0 Å². The van der Waals surface area contributed by atoms with Crippen molar-refractivity contribution in [3.63, 3.8) is 0 Å². The average molecular weight is 163 g/mol. The van der Waals surface area contributed by atoms with Gasteiger partial charge in [-0.25, -0.2) is 0 Å². The number of rotatable bonds is 1. The second-order valence-corrected chi connectivity index (χ2v) is 3.38. The maximum atomic E-state index is 5.52. The highest BCUT2D eigenvalue weighted by molar-refractivity contribution is 5.35. The zero-order valence-electron chi connectivity index (χ0n) is 7.40. The third-order valence-corrected chi connectivity index (χ3v) is 2.26. The molecular weight excluding hydrogens is 150 g/mol. The molecule has 0 aromatic heterocycles. The number of hydrogen-bond donors (Lipinski definition) is 0. The molecule has 2 nitrogen and oxygen atoms in total. The van der Waals surface area contributed by atoms with Crippen molar-refractivity contribution < 1.29 is 4.74 Å². The molecule has 2 unspecified atom stereocenters. The highest BCUT2D eigenvalue weighted by Crippen LogP contribution is 2.30. The smallest absolute Gasteiger partial charge is 0.161 e. The van der Waals surface area contributed by atoms with Gasteiger partial charge in [0.1, 0.15) is 0 Å². The lowest BCUT2D eigenvalue weighted by Gasteiger charge is -2.24. The molecular formula is C10H13NO. The van der Waals surface area contributed by atoms with E-state index in [0.29, 0.717) is 5.92 Å². The summed E-state index contributed by atoms with van der Waals surface area (Å²) in [6.07, 6.45) is 10.4. The minimum Gasteiger partial charge on any atom is -0.481 e. The summed E-state index contributed by atoms with van der Waals surface area (Å²) in [5, 5.41) is 0. The van der Waals surface area contributed by atoms with Gasteiger partial charge in [-0.15, -0.1) is 0 Å². The molecule has 1 aliphatic carbocycles. The van der Waals surface area contributed by atoms with Gasteiger partial charge in [0.05, 0.1) is 12.2 Å². The molecule has 12 heavy (non-hydrogen) atoms. The minimum absolute atomic E-state index is 0.182. The van der Waals surface area contributed by atoms with E-state index in [1.165, 1.54) is 5.57 Å². The van der Waals surface area contributed by atoms with E-state index in [1.54, 1.807) is 0 Å². The van der Waals surface area contributed by atoms with Crippen LogP contribution in [-0.4, -0.2) is 25.2 Å². The second-order valence-electron chi connectivity index (χ2n) is 3.38. The van der Waals surface area contributed by atoms with Gasteiger partial charge >= 0.3 is 0 Å². The van der Waals surface area contributed by atoms with Gasteiger partial charge in [-0.1, -0.05) is 24.3 Å². The fourth-order valence-electron chi connectivity index (χ4n) is 1.63. The molecule has 2 rings (SSSR count). The molecule has 1 heterocycles. The van der Waals surface area contributed by atoms with E-state index in [1.807, 2.05) is 26.4 Å². The zero-order chi connectivity index (χ0) is 8.55. The van der Waals surface area contributed by atoms with Gasteiger partial charge in [0.15, 0.2) is 6.23 Å². The maximum absolute atomic E-state index is 5.52. The first-order chi connectivity index (χ1) is 5.79. The largest absolute Gasteiger partial charge is 0.481 e. The summed E-state index contributed by atoms with van der Waals surface area (Å²) in [5.41, 5.74) is 1.27. The number of hydrogen-bond acceptors (Lipinski definition) is 2. The maximum Gasteiger partial charge on any atom is 0.161 e. The van der Waals surface area contributed by atoms with Crippen LogP contribution in [0.2, 0.25) is 0 Å². The quantitative estimate of drug-likeness (QED) is 0.581. The molecule has 64 valence electrons. The Labute approximate surface area is 72.8 Å². The van der Waals surface area contributed by atoms with Gasteiger partial charge in [0, 0.05) is 0 Å². The third-order valence-electron chi connectivity index (χ3n) is 2.26. The highest BCUT2D eigenvalue weighted by Gasteiger charge is 2.30. The number of allylic oxidation sites excluding steroid dienone is 3. The Morgan fingerprint density at radius 3 is 2.92 bits per heavy atom. The van der Waals surface area contributed by atoms with Crippen LogP contribution in [0.15, 0.2) is 36.1 Å². The van der Waals surface area contributed by atoms with Crippen molar-refractivity contribution in [1.29, 1.82) is 0 Å². The summed E-state index contributed by atoms with van der Waals surface area (Å²) >= 11 is 0. The van der Waals surface area contributed by atoms with Crippen LogP contribution >= 0.6 is 0 Å². The SMILES string of the molecule is CN(C)C1OC=C2C=CC=CC21. The van der Waals surface area contributed by atoms with Crippen LogP contribution in [0.1, 0.15) is 0 Å². The van der Waals surface area contributed by atoms with E-state index in [9.17, 15) is 0 Å². The van der Waals surface area contributed by atoms with E-state index in [-0.39, 0.29) is 6.23 Å². The first-order valence-electron chi connectivity index (χ1n) is 4.16. The lowest BCUT2D eigenvalue weighted by molar-refractivity contribution is 0.0247. The standard InChI is InChI=1S/C10H13NO/c1-11(2)10-9-6-4-3-5-8(9)7-12-10/h3-7,9-10H,1-2H3. The van der Waals surface area contributed by atoms with Crippen molar-refractivity contribution in [3.05, 3.63) is 36.1 Å². The van der Waals surface area contributed by atoms with E-state index in [4.69, 9.17) is 4.74 Å². The molecule has 0 N–H and O–H groups in total. The first-order valence-corrected chi connectivity index (χ1v) is 4.16. The summed E-state index contributed by atoms with van der Waals surface area (Å²) < 4.78 is 5.52. The van der Waals surface area contributed by atoms with Crippen molar-refractivity contribution in [2.75, 3.05) is 14.1 Å². The van der Waals surface area contributed by atoms with Gasteiger partial charge in [-0.05, 0) is 19.7 Å². The van der Waals surface area contributed by atoms with Gasteiger partial charge in [-0.2, -0.15) is 0 Å². The highest BCUT2D eigenvalue weighted by atomic mass is 16.5. The van der Waals surface area contributed by atoms with Crippen LogP contribution < -0.4 is 0 Å². The average Bonchev–Trinajstić information content (AvgIpc) is 2.47. The molecule has 2 heteroatoms. The molecule has 0 fully saturated rings. The first kappa shape index (κ1) is 7.62. The van der Waals surface area contributed by atoms with Crippen molar-refractivity contribution >= 4 is 0 Å². The lowest BCUT2D eigenvalue weighted by atomic mass is 9.95. The van der Waals surface area contributed by atoms with Gasteiger partial charge in [0.2, 0.25) is 0 Å². The summed E-state index contributed by atoms with van der Waals surface area (Å²) in [7, 11) is 4.07. The van der Waals surface area contributed by atoms with E-state index >= 15 is 0 Å². The fraction of sp³-hybridized carbons (Fsp3) is 0.400. The molecule has 2 aliphatic rings. The van der Waals surface area contributed by atoms with Gasteiger partial charge in [-0.3, -0.25) is 4.90 Å². The molecule has 0 amide bonds. The van der Waals surface area contributed by atoms with Crippen molar-refractivity contribution in [1.82, 2.24) is 4.90 Å². The van der Waals surface area contributed by atoms with Crippen LogP contribution in [0.3, 0.4) is 0 Å². The Morgan fingerprint density at radius 1 is 1.33 bits per heavy atom. The summed E-state index contributed by atoms with van der Waals surface area (Å²) in [6, 6.07) is 0. The molecule has 0 saturated carbocycles. The Hall–Kier alpha value is -1.02. The Kier molecular flexibility index (Phi) is 1.77. The predicted molar refractivity (Wildman–Crippen MR) is 48.4 cm³/mol. The van der Waals surface area contributed by atoms with Crippen LogP contribution in [-0.2, 0) is 4.74 Å². The molecule has 0 saturated heterocycles. The number of fused-ring (bicyclic) bond motifs is 1. The number of ether oxygens (including phenoxy) is 1. The van der Waals surface area contributed by atoms with E-state index < -0.39 is 0 Å². The zero-order valence-corrected chi connectivity index (χ0v) is 7.40. The van der Waals surface area contributed by atoms with E-state index in [2.05, 4.69) is 23.1 Å². The molecule has 0 radical (unpaired) electrons. The monoisotopic (exact) mass is 163 g/mol. The number of nitrogens with zero attached hydrogens (tertiary/aromatic N) is 1. The van der Waals surface area contributed by atoms with E-state index in [0.717, 1.165) is 0 Å². The summed E-state index contributed by atoms with van der Waals surface area (Å²) in [4.78, 5) is 2.09. The predicted octanol–water partition coefficient (Wildman–Crippen LogP) is 1.53. The molecule has 1 aliphatic heterocycles. The van der Waals surface area contributed by atoms with Crippen LogP contribution in [0.5, 0.6) is 0 Å². The molecule has 0 aromatic carbocycles. The lowest BCUT2D eigenvalue weighted by Crippen LogP contribution is -2.33. The summed E-state index contributed by atoms with van der Waals surface area (Å²) in [5.74, 6) is 0.421. The second kappa shape index (κ2) is 2.79. The van der Waals surface area contributed by atoms with Crippen molar-refractivity contribution in [2.24, 2.45) is 5.92 Å². The molecule has 2 atom stereocenters. The normalized spacial score (nSPS) is 31.8. The third kappa shape index (κ3) is 1.08. The fourth-order valence-corrected chi connectivity index (χ4v) is 1.63.